The molecule has 24 heavy (non-hydrogen) atoms. The van der Waals surface area contributed by atoms with Crippen LogP contribution in [0.25, 0.3) is 0 Å². The minimum absolute atomic E-state index is 0.0548. The van der Waals surface area contributed by atoms with Crippen molar-refractivity contribution >= 4 is 41.0 Å². The standard InChI is InChI=1S/C15H17Cl2NO6/c1-3-22-14(20)13(15(21)23-4-2)18-12(19)8-24-11-7-9(16)5-6-10(11)17/h5-7,13H,3-4,8H2,1-2H3,(H,18,19). The van der Waals surface area contributed by atoms with E-state index < -0.39 is 30.5 Å². The predicted molar refractivity (Wildman–Crippen MR) is 87.2 cm³/mol. The number of hydrogen-bond acceptors (Lipinski definition) is 6. The molecule has 0 bridgehead atoms. The van der Waals surface area contributed by atoms with Crippen molar-refractivity contribution in [1.82, 2.24) is 5.32 Å². The molecule has 7 nitrogen and oxygen atoms in total. The van der Waals surface area contributed by atoms with Crippen molar-refractivity contribution in [2.75, 3.05) is 19.8 Å². The quantitative estimate of drug-likeness (QED) is 0.550. The Labute approximate surface area is 149 Å². The third kappa shape index (κ3) is 6.25. The number of amides is 1. The zero-order chi connectivity index (χ0) is 18.1. The molecule has 0 unspecified atom stereocenters. The van der Waals surface area contributed by atoms with Gasteiger partial charge in [-0.1, -0.05) is 23.2 Å². The topological polar surface area (TPSA) is 90.9 Å². The Morgan fingerprint density at radius 3 is 2.21 bits per heavy atom. The third-order valence-electron chi connectivity index (χ3n) is 2.60. The van der Waals surface area contributed by atoms with Gasteiger partial charge in [-0.05, 0) is 26.0 Å². The van der Waals surface area contributed by atoms with Crippen LogP contribution in [0.15, 0.2) is 18.2 Å². The Kier molecular flexibility index (Phi) is 8.35. The van der Waals surface area contributed by atoms with Crippen LogP contribution in [-0.2, 0) is 23.9 Å². The molecule has 0 aliphatic heterocycles. The van der Waals surface area contributed by atoms with E-state index in [9.17, 15) is 14.4 Å². The molecule has 1 N–H and O–H groups in total. The van der Waals surface area contributed by atoms with Crippen LogP contribution in [0, 0.1) is 0 Å². The van der Waals surface area contributed by atoms with Crippen molar-refractivity contribution < 1.29 is 28.6 Å². The molecule has 9 heteroatoms. The number of halogens is 2. The minimum Gasteiger partial charge on any atom is -0.482 e. The highest BCUT2D eigenvalue weighted by molar-refractivity contribution is 6.34. The first kappa shape index (κ1) is 20.1. The van der Waals surface area contributed by atoms with Gasteiger partial charge in [0.25, 0.3) is 5.91 Å². The molecular formula is C15H17Cl2NO6. The lowest BCUT2D eigenvalue weighted by atomic mass is 10.3. The number of rotatable bonds is 8. The molecular weight excluding hydrogens is 361 g/mol. The SMILES string of the molecule is CCOC(=O)C(NC(=O)COc1cc(Cl)ccc1Cl)C(=O)OCC. The second-order valence-corrected chi connectivity index (χ2v) is 5.21. The summed E-state index contributed by atoms with van der Waals surface area (Å²) >= 11 is 11.7. The van der Waals surface area contributed by atoms with Gasteiger partial charge >= 0.3 is 11.9 Å². The van der Waals surface area contributed by atoms with Gasteiger partial charge in [-0.3, -0.25) is 4.79 Å². The van der Waals surface area contributed by atoms with Gasteiger partial charge in [0.1, 0.15) is 5.75 Å². The van der Waals surface area contributed by atoms with Crippen LogP contribution in [0.5, 0.6) is 5.75 Å². The van der Waals surface area contributed by atoms with E-state index in [4.69, 9.17) is 37.4 Å². The number of benzene rings is 1. The van der Waals surface area contributed by atoms with Crippen molar-refractivity contribution in [1.29, 1.82) is 0 Å². The van der Waals surface area contributed by atoms with E-state index in [2.05, 4.69) is 5.32 Å². The van der Waals surface area contributed by atoms with Gasteiger partial charge in [-0.15, -0.1) is 0 Å². The highest BCUT2D eigenvalue weighted by Crippen LogP contribution is 2.27. The fourth-order valence-electron chi connectivity index (χ4n) is 1.60. The maximum Gasteiger partial charge on any atom is 0.340 e. The van der Waals surface area contributed by atoms with Crippen molar-refractivity contribution in [3.05, 3.63) is 28.2 Å². The van der Waals surface area contributed by atoms with Crippen molar-refractivity contribution in [2.24, 2.45) is 0 Å². The molecule has 0 aromatic heterocycles. The van der Waals surface area contributed by atoms with E-state index >= 15 is 0 Å². The predicted octanol–water partition coefficient (Wildman–Crippen LogP) is 1.98. The number of hydrogen-bond donors (Lipinski definition) is 1. The third-order valence-corrected chi connectivity index (χ3v) is 3.15. The summed E-state index contributed by atoms with van der Waals surface area (Å²) in [6.07, 6.45) is 0. The Morgan fingerprint density at radius 2 is 1.67 bits per heavy atom. The molecule has 0 saturated carbocycles. The lowest BCUT2D eigenvalue weighted by Crippen LogP contribution is -2.49. The number of carbonyl (C=O) groups excluding carboxylic acids is 3. The van der Waals surface area contributed by atoms with Crippen molar-refractivity contribution in [3.8, 4) is 5.75 Å². The van der Waals surface area contributed by atoms with E-state index in [1.54, 1.807) is 19.9 Å². The van der Waals surface area contributed by atoms with Crippen LogP contribution in [0.1, 0.15) is 13.8 Å². The molecule has 0 heterocycles. The van der Waals surface area contributed by atoms with Crippen LogP contribution >= 0.6 is 23.2 Å². The molecule has 0 atom stereocenters. The Balaban J connectivity index is 2.68. The summed E-state index contributed by atoms with van der Waals surface area (Å²) in [6, 6.07) is 2.95. The highest BCUT2D eigenvalue weighted by atomic mass is 35.5. The lowest BCUT2D eigenvalue weighted by molar-refractivity contribution is -0.159. The molecule has 1 aromatic rings. The fourth-order valence-corrected chi connectivity index (χ4v) is 1.93. The van der Waals surface area contributed by atoms with E-state index in [0.29, 0.717) is 5.02 Å². The summed E-state index contributed by atoms with van der Waals surface area (Å²) in [5.74, 6) is -2.35. The van der Waals surface area contributed by atoms with E-state index in [-0.39, 0.29) is 24.0 Å². The largest absolute Gasteiger partial charge is 0.482 e. The molecule has 1 amide bonds. The van der Waals surface area contributed by atoms with E-state index in [0.717, 1.165) is 0 Å². The molecule has 0 aliphatic rings. The van der Waals surface area contributed by atoms with Crippen LogP contribution in [0.2, 0.25) is 10.0 Å². The second kappa shape index (κ2) is 10.00. The number of carbonyl (C=O) groups is 3. The normalized spacial score (nSPS) is 10.2. The number of esters is 2. The van der Waals surface area contributed by atoms with Crippen LogP contribution < -0.4 is 10.1 Å². The van der Waals surface area contributed by atoms with Gasteiger partial charge in [-0.25, -0.2) is 9.59 Å². The van der Waals surface area contributed by atoms with Crippen LogP contribution in [0.3, 0.4) is 0 Å². The Bertz CT molecular complexity index is 590. The van der Waals surface area contributed by atoms with Gasteiger partial charge in [0, 0.05) is 11.1 Å². The lowest BCUT2D eigenvalue weighted by Gasteiger charge is -2.16. The molecule has 0 fully saturated rings. The summed E-state index contributed by atoms with van der Waals surface area (Å²) in [6.45, 7) is 2.78. The maximum absolute atomic E-state index is 11.9. The minimum atomic E-state index is -1.56. The summed E-state index contributed by atoms with van der Waals surface area (Å²) in [7, 11) is 0. The average molecular weight is 378 g/mol. The zero-order valence-electron chi connectivity index (χ0n) is 13.1. The zero-order valence-corrected chi connectivity index (χ0v) is 14.6. The van der Waals surface area contributed by atoms with Crippen molar-refractivity contribution in [3.63, 3.8) is 0 Å². The van der Waals surface area contributed by atoms with Crippen LogP contribution in [0.4, 0.5) is 0 Å². The summed E-state index contributed by atoms with van der Waals surface area (Å²) in [4.78, 5) is 35.4. The highest BCUT2D eigenvalue weighted by Gasteiger charge is 2.31. The van der Waals surface area contributed by atoms with E-state index in [1.165, 1.54) is 12.1 Å². The molecule has 1 aromatic carbocycles. The monoisotopic (exact) mass is 377 g/mol. The maximum atomic E-state index is 11.9. The average Bonchev–Trinajstić information content (AvgIpc) is 2.53. The summed E-state index contributed by atoms with van der Waals surface area (Å²) in [5, 5.41) is 2.85. The van der Waals surface area contributed by atoms with Gasteiger partial charge in [0.15, 0.2) is 6.61 Å². The van der Waals surface area contributed by atoms with Gasteiger partial charge < -0.3 is 19.5 Å². The number of nitrogens with one attached hydrogen (secondary N) is 1. The fraction of sp³-hybridized carbons (Fsp3) is 0.400. The van der Waals surface area contributed by atoms with Crippen molar-refractivity contribution in [2.45, 2.75) is 19.9 Å². The smallest absolute Gasteiger partial charge is 0.340 e. The first-order chi connectivity index (χ1) is 11.4. The summed E-state index contributed by atoms with van der Waals surface area (Å²) < 4.78 is 14.7. The second-order valence-electron chi connectivity index (χ2n) is 4.37. The number of ether oxygens (including phenoxy) is 3. The molecule has 0 spiro atoms. The first-order valence-electron chi connectivity index (χ1n) is 7.09. The molecule has 0 aliphatic carbocycles. The Hall–Kier alpha value is -1.99. The molecule has 0 radical (unpaired) electrons. The first-order valence-corrected chi connectivity index (χ1v) is 7.85. The van der Waals surface area contributed by atoms with E-state index in [1.807, 2.05) is 0 Å². The Morgan fingerprint density at radius 1 is 1.08 bits per heavy atom. The molecule has 1 rings (SSSR count). The van der Waals surface area contributed by atoms with Gasteiger partial charge in [-0.2, -0.15) is 0 Å². The summed E-state index contributed by atoms with van der Waals surface area (Å²) in [5.41, 5.74) is 0. The molecule has 0 saturated heterocycles. The van der Waals surface area contributed by atoms with Gasteiger partial charge in [0.05, 0.1) is 18.2 Å². The van der Waals surface area contributed by atoms with Gasteiger partial charge in [0.2, 0.25) is 6.04 Å². The molecule has 132 valence electrons. The van der Waals surface area contributed by atoms with Crippen LogP contribution in [-0.4, -0.2) is 43.7 Å².